The molecule has 1 saturated carbocycles. The number of amides is 1. The number of carbonyl (C=O) groups excluding carboxylic acids is 1. The number of nitrogens with two attached hydrogens (primary N) is 1. The van der Waals surface area contributed by atoms with E-state index in [9.17, 15) is 4.79 Å². The van der Waals surface area contributed by atoms with Crippen molar-refractivity contribution >= 4 is 5.91 Å². The third-order valence-electron chi connectivity index (χ3n) is 3.77. The van der Waals surface area contributed by atoms with Crippen LogP contribution in [-0.4, -0.2) is 23.4 Å². The topological polar surface area (TPSA) is 70.1 Å². The van der Waals surface area contributed by atoms with E-state index in [1.165, 1.54) is 0 Å². The Morgan fingerprint density at radius 3 is 2.47 bits per heavy atom. The van der Waals surface area contributed by atoms with Gasteiger partial charge in [0.05, 0.1) is 17.2 Å². The Morgan fingerprint density at radius 1 is 1.37 bits per heavy atom. The molecule has 1 amide bonds. The van der Waals surface area contributed by atoms with Crippen LogP contribution in [0.3, 0.4) is 0 Å². The molecule has 19 heavy (non-hydrogen) atoms. The number of likely N-dealkylation sites (N-methyl/N-ethyl adjacent to an activating group) is 1. The van der Waals surface area contributed by atoms with Crippen LogP contribution in [0.1, 0.15) is 36.8 Å². The first-order valence-corrected chi connectivity index (χ1v) is 6.59. The van der Waals surface area contributed by atoms with Crippen molar-refractivity contribution in [3.8, 4) is 6.07 Å². The van der Waals surface area contributed by atoms with E-state index < -0.39 is 5.54 Å². The van der Waals surface area contributed by atoms with Crippen LogP contribution < -0.4 is 5.73 Å². The largest absolute Gasteiger partial charge is 0.340 e. The summed E-state index contributed by atoms with van der Waals surface area (Å²) in [4.78, 5) is 14.0. The lowest BCUT2D eigenvalue weighted by Crippen LogP contribution is -2.52. The van der Waals surface area contributed by atoms with Crippen molar-refractivity contribution in [2.45, 2.75) is 37.8 Å². The summed E-state index contributed by atoms with van der Waals surface area (Å²) in [7, 11) is 1.79. The number of carbonyl (C=O) groups is 1. The van der Waals surface area contributed by atoms with Crippen molar-refractivity contribution < 1.29 is 4.79 Å². The first kappa shape index (κ1) is 13.6. The zero-order chi connectivity index (χ0) is 13.9. The Bertz CT molecular complexity index is 495. The monoisotopic (exact) mass is 257 g/mol. The van der Waals surface area contributed by atoms with Gasteiger partial charge in [-0.2, -0.15) is 5.26 Å². The molecule has 0 bridgehead atoms. The quantitative estimate of drug-likeness (QED) is 0.897. The number of nitriles is 1. The van der Waals surface area contributed by atoms with Gasteiger partial charge in [0.15, 0.2) is 0 Å². The zero-order valence-corrected chi connectivity index (χ0v) is 11.2. The lowest BCUT2D eigenvalue weighted by molar-refractivity contribution is -0.136. The van der Waals surface area contributed by atoms with Gasteiger partial charge in [-0.05, 0) is 30.5 Å². The van der Waals surface area contributed by atoms with Gasteiger partial charge < -0.3 is 10.6 Å². The number of nitrogens with zero attached hydrogens (tertiary/aromatic N) is 2. The van der Waals surface area contributed by atoms with E-state index in [1.807, 2.05) is 12.1 Å². The fourth-order valence-electron chi connectivity index (χ4n) is 2.63. The van der Waals surface area contributed by atoms with Crippen LogP contribution in [0.4, 0.5) is 0 Å². The lowest BCUT2D eigenvalue weighted by Gasteiger charge is -2.28. The standard InChI is InChI=1S/C15H19N3O/c1-18(14(19)15(17)8-2-3-9-15)11-13-6-4-12(10-16)5-7-13/h4-7H,2-3,8-9,11,17H2,1H3. The van der Waals surface area contributed by atoms with E-state index in [2.05, 4.69) is 6.07 Å². The zero-order valence-electron chi connectivity index (χ0n) is 11.2. The molecule has 0 spiro atoms. The van der Waals surface area contributed by atoms with Gasteiger partial charge in [-0.3, -0.25) is 4.79 Å². The molecule has 0 heterocycles. The van der Waals surface area contributed by atoms with Gasteiger partial charge in [0.25, 0.3) is 0 Å². The van der Waals surface area contributed by atoms with Gasteiger partial charge in [-0.25, -0.2) is 0 Å². The third kappa shape index (κ3) is 2.94. The Morgan fingerprint density at radius 2 is 1.95 bits per heavy atom. The molecular weight excluding hydrogens is 238 g/mol. The maximum absolute atomic E-state index is 12.3. The SMILES string of the molecule is CN(Cc1ccc(C#N)cc1)C(=O)C1(N)CCCC1. The molecule has 100 valence electrons. The molecule has 4 heteroatoms. The van der Waals surface area contributed by atoms with Crippen LogP contribution in [0.2, 0.25) is 0 Å². The summed E-state index contributed by atoms with van der Waals surface area (Å²) in [6.45, 7) is 0.531. The smallest absolute Gasteiger partial charge is 0.242 e. The summed E-state index contributed by atoms with van der Waals surface area (Å²) in [6.07, 6.45) is 3.63. The normalized spacial score (nSPS) is 16.9. The fourth-order valence-corrected chi connectivity index (χ4v) is 2.63. The Hall–Kier alpha value is -1.86. The lowest BCUT2D eigenvalue weighted by atomic mass is 9.97. The third-order valence-corrected chi connectivity index (χ3v) is 3.77. The Labute approximate surface area is 113 Å². The summed E-state index contributed by atoms with van der Waals surface area (Å²) in [6, 6.07) is 9.36. The van der Waals surface area contributed by atoms with Crippen LogP contribution in [0, 0.1) is 11.3 Å². The highest BCUT2D eigenvalue weighted by molar-refractivity contribution is 5.86. The van der Waals surface area contributed by atoms with Crippen molar-refractivity contribution in [1.82, 2.24) is 4.90 Å². The molecule has 1 aromatic rings. The van der Waals surface area contributed by atoms with Gasteiger partial charge in [0.2, 0.25) is 5.91 Å². The van der Waals surface area contributed by atoms with Crippen molar-refractivity contribution in [2.75, 3.05) is 7.05 Å². The second-order valence-electron chi connectivity index (χ2n) is 5.33. The Balaban J connectivity index is 2.02. The summed E-state index contributed by atoms with van der Waals surface area (Å²) in [5.41, 5.74) is 7.14. The van der Waals surface area contributed by atoms with Crippen LogP contribution in [0.15, 0.2) is 24.3 Å². The van der Waals surface area contributed by atoms with Crippen LogP contribution >= 0.6 is 0 Å². The van der Waals surface area contributed by atoms with E-state index in [0.29, 0.717) is 12.1 Å². The molecule has 0 aliphatic heterocycles. The Kier molecular flexibility index (Phi) is 3.87. The first-order chi connectivity index (χ1) is 9.05. The van der Waals surface area contributed by atoms with E-state index in [0.717, 1.165) is 31.2 Å². The van der Waals surface area contributed by atoms with Gasteiger partial charge in [-0.15, -0.1) is 0 Å². The summed E-state index contributed by atoms with van der Waals surface area (Å²) in [5, 5.41) is 8.74. The predicted octanol–water partition coefficient (Wildman–Crippen LogP) is 1.79. The van der Waals surface area contributed by atoms with E-state index in [4.69, 9.17) is 11.0 Å². The minimum Gasteiger partial charge on any atom is -0.340 e. The number of hydrogen-bond acceptors (Lipinski definition) is 3. The predicted molar refractivity (Wildman–Crippen MR) is 73.0 cm³/mol. The molecule has 1 fully saturated rings. The number of benzene rings is 1. The van der Waals surface area contributed by atoms with E-state index >= 15 is 0 Å². The highest BCUT2D eigenvalue weighted by Crippen LogP contribution is 2.29. The highest BCUT2D eigenvalue weighted by Gasteiger charge is 2.38. The van der Waals surface area contributed by atoms with Gasteiger partial charge in [0, 0.05) is 13.6 Å². The molecule has 1 aliphatic carbocycles. The molecule has 0 saturated heterocycles. The van der Waals surface area contributed by atoms with Crippen LogP contribution in [-0.2, 0) is 11.3 Å². The van der Waals surface area contributed by atoms with E-state index in [1.54, 1.807) is 24.1 Å². The van der Waals surface area contributed by atoms with Gasteiger partial charge in [-0.1, -0.05) is 25.0 Å². The number of hydrogen-bond donors (Lipinski definition) is 1. The molecule has 4 nitrogen and oxygen atoms in total. The van der Waals surface area contributed by atoms with E-state index in [-0.39, 0.29) is 5.91 Å². The molecular formula is C15H19N3O. The summed E-state index contributed by atoms with van der Waals surface area (Å²) in [5.74, 6) is 0.0226. The molecule has 1 aliphatic rings. The second kappa shape index (κ2) is 5.41. The maximum atomic E-state index is 12.3. The van der Waals surface area contributed by atoms with Crippen molar-refractivity contribution in [2.24, 2.45) is 5.73 Å². The average molecular weight is 257 g/mol. The van der Waals surface area contributed by atoms with Gasteiger partial charge >= 0.3 is 0 Å². The minimum absolute atomic E-state index is 0.0226. The molecule has 0 radical (unpaired) electrons. The highest BCUT2D eigenvalue weighted by atomic mass is 16.2. The molecule has 2 N–H and O–H groups in total. The molecule has 0 unspecified atom stereocenters. The summed E-state index contributed by atoms with van der Waals surface area (Å²) >= 11 is 0. The molecule has 0 aromatic heterocycles. The van der Waals surface area contributed by atoms with Crippen LogP contribution in [0.5, 0.6) is 0 Å². The van der Waals surface area contributed by atoms with Crippen molar-refractivity contribution in [1.29, 1.82) is 5.26 Å². The van der Waals surface area contributed by atoms with Crippen LogP contribution in [0.25, 0.3) is 0 Å². The number of rotatable bonds is 3. The van der Waals surface area contributed by atoms with Crippen molar-refractivity contribution in [3.05, 3.63) is 35.4 Å². The fraction of sp³-hybridized carbons (Fsp3) is 0.467. The maximum Gasteiger partial charge on any atom is 0.242 e. The molecule has 0 atom stereocenters. The van der Waals surface area contributed by atoms with Crippen molar-refractivity contribution in [3.63, 3.8) is 0 Å². The molecule has 1 aromatic carbocycles. The molecule has 2 rings (SSSR count). The first-order valence-electron chi connectivity index (χ1n) is 6.59. The van der Waals surface area contributed by atoms with Gasteiger partial charge in [0.1, 0.15) is 0 Å². The minimum atomic E-state index is -0.665. The second-order valence-corrected chi connectivity index (χ2v) is 5.33. The summed E-state index contributed by atoms with van der Waals surface area (Å²) < 4.78 is 0. The average Bonchev–Trinajstić information content (AvgIpc) is 2.87.